The van der Waals surface area contributed by atoms with Gasteiger partial charge in [0, 0.05) is 38.4 Å². The summed E-state index contributed by atoms with van der Waals surface area (Å²) in [4.78, 5) is 22.1. The second kappa shape index (κ2) is 10.7. The summed E-state index contributed by atoms with van der Waals surface area (Å²) in [7, 11) is 2.20. The van der Waals surface area contributed by atoms with Crippen molar-refractivity contribution in [3.63, 3.8) is 0 Å². The zero-order valence-corrected chi connectivity index (χ0v) is 20.4. The zero-order valence-electron chi connectivity index (χ0n) is 20.4. The lowest BCUT2D eigenvalue weighted by Gasteiger charge is -2.43. The molecule has 0 bridgehead atoms. The molecule has 2 fully saturated rings. The number of pyridine rings is 1. The molecular weight excluding hydrogens is 396 g/mol. The van der Waals surface area contributed by atoms with Gasteiger partial charge in [0.25, 0.3) is 0 Å². The summed E-state index contributed by atoms with van der Waals surface area (Å²) in [6.07, 6.45) is 9.31. The van der Waals surface area contributed by atoms with Crippen molar-refractivity contribution in [2.75, 3.05) is 44.7 Å². The fraction of sp³-hybridized carbons (Fsp3) is 0.654. The number of likely N-dealkylation sites (N-methyl/N-ethyl adjacent to an activating group) is 1. The number of nitrogens with zero attached hydrogens (tertiary/aromatic N) is 6. The first kappa shape index (κ1) is 23.1. The predicted octanol–water partition coefficient (Wildman–Crippen LogP) is 4.56. The van der Waals surface area contributed by atoms with E-state index < -0.39 is 0 Å². The first-order valence-corrected chi connectivity index (χ1v) is 12.7. The maximum absolute atomic E-state index is 4.96. The predicted molar refractivity (Wildman–Crippen MR) is 131 cm³/mol. The van der Waals surface area contributed by atoms with Crippen LogP contribution in [0, 0.1) is 6.92 Å². The van der Waals surface area contributed by atoms with Crippen LogP contribution in [0.15, 0.2) is 24.4 Å². The van der Waals surface area contributed by atoms with Gasteiger partial charge in [0.05, 0.1) is 23.5 Å². The van der Waals surface area contributed by atoms with Crippen molar-refractivity contribution in [1.29, 1.82) is 0 Å². The molecule has 6 heteroatoms. The normalized spacial score (nSPS) is 24.4. The number of hydrogen-bond donors (Lipinski definition) is 0. The molecule has 1 aliphatic carbocycles. The van der Waals surface area contributed by atoms with Gasteiger partial charge in [0.15, 0.2) is 0 Å². The third-order valence-corrected chi connectivity index (χ3v) is 7.12. The summed E-state index contributed by atoms with van der Waals surface area (Å²) in [5, 5.41) is 0. The highest BCUT2D eigenvalue weighted by Gasteiger charge is 2.35. The Balaban J connectivity index is 0.00000119. The van der Waals surface area contributed by atoms with E-state index in [0.29, 0.717) is 12.1 Å². The standard InChI is InChI=1S/C24H34N6.C2H6/c1-18-26-20(17-23(27-18)29-15-13-28(2)14-16-29)21-9-3-4-12-30(21)22-10-5-7-19-8-6-11-25-24(19)22;1-2/h6,8,11,17,21-22H,3-5,7,9-10,12-16H2,1-2H3;1-2H3/t21-,22-;/m1./s1. The van der Waals surface area contributed by atoms with Gasteiger partial charge >= 0.3 is 0 Å². The number of fused-ring (bicyclic) bond motifs is 1. The molecule has 0 unspecified atom stereocenters. The van der Waals surface area contributed by atoms with E-state index >= 15 is 0 Å². The molecule has 0 saturated carbocycles. The van der Waals surface area contributed by atoms with E-state index in [9.17, 15) is 0 Å². The fourth-order valence-electron chi connectivity index (χ4n) is 5.49. The summed E-state index contributed by atoms with van der Waals surface area (Å²) < 4.78 is 0. The van der Waals surface area contributed by atoms with Crippen molar-refractivity contribution >= 4 is 5.82 Å². The highest BCUT2D eigenvalue weighted by molar-refractivity contribution is 5.41. The van der Waals surface area contributed by atoms with E-state index in [-0.39, 0.29) is 0 Å². The minimum Gasteiger partial charge on any atom is -0.354 e. The van der Waals surface area contributed by atoms with Gasteiger partial charge in [-0.1, -0.05) is 26.3 Å². The molecule has 0 N–H and O–H groups in total. The maximum atomic E-state index is 4.96. The lowest BCUT2D eigenvalue weighted by Crippen LogP contribution is -2.45. The van der Waals surface area contributed by atoms with Crippen LogP contribution >= 0.6 is 0 Å². The molecule has 2 atom stereocenters. The summed E-state index contributed by atoms with van der Waals surface area (Å²) in [6.45, 7) is 11.5. The molecule has 6 nitrogen and oxygen atoms in total. The van der Waals surface area contributed by atoms with Crippen LogP contribution in [0.25, 0.3) is 0 Å². The van der Waals surface area contributed by atoms with Crippen molar-refractivity contribution in [3.05, 3.63) is 47.2 Å². The van der Waals surface area contributed by atoms with Crippen LogP contribution in [-0.4, -0.2) is 64.5 Å². The molecule has 32 heavy (non-hydrogen) atoms. The average Bonchev–Trinajstić information content (AvgIpc) is 2.85. The lowest BCUT2D eigenvalue weighted by molar-refractivity contribution is 0.0786. The van der Waals surface area contributed by atoms with E-state index in [1.165, 1.54) is 55.5 Å². The first-order chi connectivity index (χ1) is 15.7. The van der Waals surface area contributed by atoms with Gasteiger partial charge < -0.3 is 9.80 Å². The van der Waals surface area contributed by atoms with E-state index in [4.69, 9.17) is 15.0 Å². The second-order valence-electron chi connectivity index (χ2n) is 9.19. The van der Waals surface area contributed by atoms with Crippen LogP contribution in [0.4, 0.5) is 5.82 Å². The molecule has 5 rings (SSSR count). The minimum atomic E-state index is 0.365. The second-order valence-corrected chi connectivity index (χ2v) is 9.19. The van der Waals surface area contributed by atoms with Crippen LogP contribution in [0.3, 0.4) is 0 Å². The highest BCUT2D eigenvalue weighted by atomic mass is 15.3. The van der Waals surface area contributed by atoms with Crippen molar-refractivity contribution in [3.8, 4) is 0 Å². The van der Waals surface area contributed by atoms with Crippen LogP contribution < -0.4 is 4.90 Å². The van der Waals surface area contributed by atoms with Gasteiger partial charge in [-0.3, -0.25) is 9.88 Å². The van der Waals surface area contributed by atoms with E-state index in [1.54, 1.807) is 0 Å². The molecule has 174 valence electrons. The lowest BCUT2D eigenvalue weighted by atomic mass is 9.87. The highest BCUT2D eigenvalue weighted by Crippen LogP contribution is 2.42. The molecule has 2 saturated heterocycles. The van der Waals surface area contributed by atoms with E-state index in [2.05, 4.69) is 39.9 Å². The molecule has 3 aliphatic rings. The SMILES string of the molecule is CC.Cc1nc([C@H]2CCCCN2[C@@H]2CCCc3cccnc32)cc(N2CCN(C)CC2)n1. The Bertz CT molecular complexity index is 876. The molecule has 0 amide bonds. The Morgan fingerprint density at radius 2 is 1.69 bits per heavy atom. The van der Waals surface area contributed by atoms with Crippen LogP contribution in [0.2, 0.25) is 0 Å². The van der Waals surface area contributed by atoms with Crippen molar-refractivity contribution in [2.24, 2.45) is 0 Å². The third kappa shape index (κ3) is 4.96. The summed E-state index contributed by atoms with van der Waals surface area (Å²) in [5.74, 6) is 2.01. The molecular formula is C26H40N6. The monoisotopic (exact) mass is 436 g/mol. The van der Waals surface area contributed by atoms with Gasteiger partial charge in [0.1, 0.15) is 11.6 Å². The molecule has 0 aromatic carbocycles. The number of aryl methyl sites for hydroxylation is 2. The minimum absolute atomic E-state index is 0.365. The molecule has 2 aliphatic heterocycles. The molecule has 2 aromatic rings. The number of piperidine rings is 1. The molecule has 2 aromatic heterocycles. The third-order valence-electron chi connectivity index (χ3n) is 7.12. The van der Waals surface area contributed by atoms with Gasteiger partial charge in [-0.2, -0.15) is 0 Å². The Kier molecular flexibility index (Phi) is 7.74. The van der Waals surface area contributed by atoms with Gasteiger partial charge in [0.2, 0.25) is 0 Å². The molecule has 0 spiro atoms. The molecule has 0 radical (unpaired) electrons. The largest absolute Gasteiger partial charge is 0.354 e. The quantitative estimate of drug-likeness (QED) is 0.703. The zero-order chi connectivity index (χ0) is 22.5. The smallest absolute Gasteiger partial charge is 0.132 e. The first-order valence-electron chi connectivity index (χ1n) is 12.7. The number of anilines is 1. The Morgan fingerprint density at radius 1 is 0.906 bits per heavy atom. The number of likely N-dealkylation sites (tertiary alicyclic amines) is 1. The van der Waals surface area contributed by atoms with Crippen LogP contribution in [0.1, 0.15) is 80.8 Å². The van der Waals surface area contributed by atoms with Crippen molar-refractivity contribution in [2.45, 2.75) is 71.4 Å². The maximum Gasteiger partial charge on any atom is 0.132 e. The average molecular weight is 437 g/mol. The Labute approximate surface area is 194 Å². The summed E-state index contributed by atoms with van der Waals surface area (Å²) in [5.41, 5.74) is 3.95. The Hall–Kier alpha value is -2.05. The van der Waals surface area contributed by atoms with Crippen LogP contribution in [0.5, 0.6) is 0 Å². The van der Waals surface area contributed by atoms with Crippen molar-refractivity contribution < 1.29 is 0 Å². The van der Waals surface area contributed by atoms with Gasteiger partial charge in [-0.15, -0.1) is 0 Å². The summed E-state index contributed by atoms with van der Waals surface area (Å²) >= 11 is 0. The van der Waals surface area contributed by atoms with Crippen LogP contribution in [-0.2, 0) is 6.42 Å². The number of aromatic nitrogens is 3. The topological polar surface area (TPSA) is 48.4 Å². The van der Waals surface area contributed by atoms with E-state index in [0.717, 1.165) is 44.4 Å². The van der Waals surface area contributed by atoms with Gasteiger partial charge in [-0.25, -0.2) is 9.97 Å². The van der Waals surface area contributed by atoms with Crippen molar-refractivity contribution in [1.82, 2.24) is 24.8 Å². The summed E-state index contributed by atoms with van der Waals surface area (Å²) in [6, 6.07) is 7.43. The number of rotatable bonds is 3. The number of hydrogen-bond acceptors (Lipinski definition) is 6. The fourth-order valence-corrected chi connectivity index (χ4v) is 5.49. The molecule has 4 heterocycles. The van der Waals surface area contributed by atoms with E-state index in [1.807, 2.05) is 27.0 Å². The van der Waals surface area contributed by atoms with Gasteiger partial charge in [-0.05, 0) is 64.3 Å². The number of piperazine rings is 1. The Morgan fingerprint density at radius 3 is 2.50 bits per heavy atom.